The van der Waals surface area contributed by atoms with Crippen LogP contribution in [0.15, 0.2) is 54.6 Å². The van der Waals surface area contributed by atoms with Gasteiger partial charge in [-0.05, 0) is 67.6 Å². The molecule has 2 aliphatic heterocycles. The molecule has 7 heteroatoms. The second-order valence-electron chi connectivity index (χ2n) is 9.71. The van der Waals surface area contributed by atoms with Crippen LogP contribution in [0.25, 0.3) is 0 Å². The number of hydrogen-bond donors (Lipinski definition) is 0. The van der Waals surface area contributed by atoms with Gasteiger partial charge in [-0.2, -0.15) is 0 Å². The molecule has 0 radical (unpaired) electrons. The molecule has 0 N–H and O–H groups in total. The molecular formula is C28H28N2O5. The summed E-state index contributed by atoms with van der Waals surface area (Å²) < 4.78 is 5.55. The predicted molar refractivity (Wildman–Crippen MR) is 131 cm³/mol. The van der Waals surface area contributed by atoms with Crippen molar-refractivity contribution in [3.05, 3.63) is 65.7 Å². The number of esters is 1. The minimum absolute atomic E-state index is 0.0210. The summed E-state index contributed by atoms with van der Waals surface area (Å²) in [5, 5.41) is 0. The number of hydrogen-bond acceptors (Lipinski definition) is 5. The molecule has 3 amide bonds. The van der Waals surface area contributed by atoms with Crippen LogP contribution in [-0.2, 0) is 19.2 Å². The van der Waals surface area contributed by atoms with Gasteiger partial charge in [0, 0.05) is 18.7 Å². The van der Waals surface area contributed by atoms with E-state index >= 15 is 0 Å². The maximum Gasteiger partial charge on any atom is 0.316 e. The Morgan fingerprint density at radius 1 is 1.00 bits per heavy atom. The fraction of sp³-hybridized carbons (Fsp3) is 0.357. The van der Waals surface area contributed by atoms with Crippen molar-refractivity contribution in [1.29, 1.82) is 0 Å². The van der Waals surface area contributed by atoms with E-state index in [-0.39, 0.29) is 48.4 Å². The number of carbonyl (C=O) groups is 4. The third-order valence-corrected chi connectivity index (χ3v) is 7.51. The second kappa shape index (κ2) is 8.80. The summed E-state index contributed by atoms with van der Waals surface area (Å²) in [4.78, 5) is 54.2. The molecular weight excluding hydrogens is 444 g/mol. The van der Waals surface area contributed by atoms with E-state index in [4.69, 9.17) is 4.74 Å². The molecule has 35 heavy (non-hydrogen) atoms. The van der Waals surface area contributed by atoms with Crippen molar-refractivity contribution in [2.75, 3.05) is 16.3 Å². The lowest BCUT2D eigenvalue weighted by atomic mass is 9.78. The monoisotopic (exact) mass is 472 g/mol. The van der Waals surface area contributed by atoms with Gasteiger partial charge in [-0.15, -0.1) is 0 Å². The zero-order valence-corrected chi connectivity index (χ0v) is 20.1. The number of amides is 3. The minimum atomic E-state index is -0.569. The van der Waals surface area contributed by atoms with Gasteiger partial charge in [-0.1, -0.05) is 31.2 Å². The highest BCUT2D eigenvalue weighted by Gasteiger charge is 2.50. The largest absolute Gasteiger partial charge is 0.426 e. The quantitative estimate of drug-likeness (QED) is 0.291. The van der Waals surface area contributed by atoms with Crippen molar-refractivity contribution in [2.24, 2.45) is 23.7 Å². The molecule has 2 aromatic carbocycles. The predicted octanol–water partition coefficient (Wildman–Crippen LogP) is 3.96. The zero-order chi connectivity index (χ0) is 24.9. The summed E-state index contributed by atoms with van der Waals surface area (Å²) in [6, 6.07) is 12.2. The molecule has 3 aliphatic rings. The van der Waals surface area contributed by atoms with Crippen molar-refractivity contribution in [3.63, 3.8) is 0 Å². The molecule has 0 bridgehead atoms. The third-order valence-electron chi connectivity index (χ3n) is 7.51. The normalized spacial score (nSPS) is 25.9. The van der Waals surface area contributed by atoms with Crippen LogP contribution in [0, 0.1) is 37.5 Å². The highest BCUT2D eigenvalue weighted by Crippen LogP contribution is 2.40. The first-order chi connectivity index (χ1) is 16.8. The van der Waals surface area contributed by atoms with Crippen LogP contribution in [0.2, 0.25) is 0 Å². The average Bonchev–Trinajstić information content (AvgIpc) is 3.34. The Bertz CT molecular complexity index is 1250. The van der Waals surface area contributed by atoms with Crippen molar-refractivity contribution < 1.29 is 23.9 Å². The van der Waals surface area contributed by atoms with E-state index in [1.54, 1.807) is 29.2 Å². The summed E-state index contributed by atoms with van der Waals surface area (Å²) in [7, 11) is 0. The molecule has 0 aromatic heterocycles. The van der Waals surface area contributed by atoms with E-state index < -0.39 is 11.9 Å². The van der Waals surface area contributed by atoms with Gasteiger partial charge >= 0.3 is 5.97 Å². The maximum absolute atomic E-state index is 13.0. The van der Waals surface area contributed by atoms with Gasteiger partial charge in [0.1, 0.15) is 5.75 Å². The lowest BCUT2D eigenvalue weighted by Gasteiger charge is -2.22. The smallest absolute Gasteiger partial charge is 0.316 e. The number of carbonyl (C=O) groups excluding carboxylic acids is 4. The molecule has 0 unspecified atom stereocenters. The minimum Gasteiger partial charge on any atom is -0.426 e. The van der Waals surface area contributed by atoms with Crippen LogP contribution in [-0.4, -0.2) is 30.2 Å². The van der Waals surface area contributed by atoms with Crippen molar-refractivity contribution in [3.8, 4) is 5.75 Å². The van der Waals surface area contributed by atoms with E-state index in [9.17, 15) is 19.2 Å². The molecule has 4 atom stereocenters. The summed E-state index contributed by atoms with van der Waals surface area (Å²) in [6.45, 7) is 6.18. The van der Waals surface area contributed by atoms with Crippen LogP contribution < -0.4 is 14.5 Å². The topological polar surface area (TPSA) is 84.0 Å². The average molecular weight is 473 g/mol. The van der Waals surface area contributed by atoms with Gasteiger partial charge in [0.15, 0.2) is 0 Å². The van der Waals surface area contributed by atoms with Gasteiger partial charge in [-0.3, -0.25) is 24.1 Å². The Morgan fingerprint density at radius 3 is 2.46 bits per heavy atom. The first-order valence-corrected chi connectivity index (χ1v) is 12.0. The molecule has 2 aromatic rings. The van der Waals surface area contributed by atoms with Crippen LogP contribution in [0.5, 0.6) is 5.75 Å². The maximum atomic E-state index is 13.0. The Labute approximate surface area is 204 Å². The highest BCUT2D eigenvalue weighted by molar-refractivity contribution is 6.22. The molecule has 2 saturated heterocycles. The number of rotatable bonds is 4. The SMILES string of the molecule is Cc1cccc(N2C[C@H](C(=O)Oc3ccc(N4C(=O)[C@H]5[C@H](C)C=CC[C@H]5C4=O)cc3)CC2=O)c1C. The summed E-state index contributed by atoms with van der Waals surface area (Å²) in [5.41, 5.74) is 3.39. The number of benzene rings is 2. The second-order valence-corrected chi connectivity index (χ2v) is 9.71. The molecule has 2 fully saturated rings. The number of imide groups is 1. The first kappa shape index (κ1) is 23.0. The van der Waals surface area contributed by atoms with Gasteiger partial charge < -0.3 is 9.64 Å². The lowest BCUT2D eigenvalue weighted by molar-refractivity contribution is -0.139. The molecule has 7 nitrogen and oxygen atoms in total. The zero-order valence-electron chi connectivity index (χ0n) is 20.1. The van der Waals surface area contributed by atoms with Gasteiger partial charge in [0.2, 0.25) is 17.7 Å². The number of aryl methyl sites for hydroxylation is 1. The van der Waals surface area contributed by atoms with Crippen LogP contribution in [0.3, 0.4) is 0 Å². The molecule has 180 valence electrons. The lowest BCUT2D eigenvalue weighted by Crippen LogP contribution is -2.31. The fourth-order valence-corrected chi connectivity index (χ4v) is 5.39. The number of anilines is 2. The summed E-state index contributed by atoms with van der Waals surface area (Å²) in [5.74, 6) is -1.83. The van der Waals surface area contributed by atoms with Gasteiger partial charge in [-0.25, -0.2) is 0 Å². The number of nitrogens with zero attached hydrogens (tertiary/aromatic N) is 2. The number of allylic oxidation sites excluding steroid dienone is 2. The van der Waals surface area contributed by atoms with Gasteiger partial charge in [0.25, 0.3) is 0 Å². The molecule has 5 rings (SSSR count). The van der Waals surface area contributed by atoms with E-state index in [0.717, 1.165) is 16.8 Å². The number of ether oxygens (including phenoxy) is 1. The third kappa shape index (κ3) is 3.95. The Hall–Kier alpha value is -3.74. The van der Waals surface area contributed by atoms with E-state index in [1.807, 2.05) is 51.1 Å². The van der Waals surface area contributed by atoms with Crippen LogP contribution in [0.4, 0.5) is 11.4 Å². The van der Waals surface area contributed by atoms with Gasteiger partial charge in [0.05, 0.1) is 23.4 Å². The van der Waals surface area contributed by atoms with Crippen molar-refractivity contribution >= 4 is 35.1 Å². The summed E-state index contributed by atoms with van der Waals surface area (Å²) >= 11 is 0. The van der Waals surface area contributed by atoms with E-state index in [0.29, 0.717) is 17.9 Å². The summed E-state index contributed by atoms with van der Waals surface area (Å²) in [6.07, 6.45) is 4.63. The van der Waals surface area contributed by atoms with Crippen LogP contribution >= 0.6 is 0 Å². The molecule has 1 aliphatic carbocycles. The Kier molecular flexibility index (Phi) is 5.79. The van der Waals surface area contributed by atoms with E-state index in [2.05, 4.69) is 0 Å². The number of fused-ring (bicyclic) bond motifs is 1. The first-order valence-electron chi connectivity index (χ1n) is 12.0. The van der Waals surface area contributed by atoms with Crippen molar-refractivity contribution in [1.82, 2.24) is 0 Å². The Morgan fingerprint density at radius 2 is 1.74 bits per heavy atom. The Balaban J connectivity index is 1.26. The highest BCUT2D eigenvalue weighted by atomic mass is 16.5. The molecule has 0 saturated carbocycles. The van der Waals surface area contributed by atoms with Crippen LogP contribution in [0.1, 0.15) is 30.9 Å². The molecule has 0 spiro atoms. The van der Waals surface area contributed by atoms with Crippen molar-refractivity contribution in [2.45, 2.75) is 33.6 Å². The molecule has 2 heterocycles. The standard InChI is InChI=1S/C28H28N2O5/c1-16-6-5-9-23(18(16)3)29-15-19(14-24(29)31)28(34)35-21-12-10-20(11-13-21)30-26(32)22-8-4-7-17(2)25(22)27(30)33/h4-7,9-13,17,19,22,25H,8,14-15H2,1-3H3/t17-,19-,22-,25+/m1/s1. The fourth-order valence-electron chi connectivity index (χ4n) is 5.39. The van der Waals surface area contributed by atoms with E-state index in [1.165, 1.54) is 4.90 Å².